The molecular formula is C2H3FS2. The maximum Gasteiger partial charge on any atom is 0.112 e. The molecule has 0 atom stereocenters. The summed E-state index contributed by atoms with van der Waals surface area (Å²) in [5, 5.41) is 0. The van der Waals surface area contributed by atoms with Crippen LogP contribution < -0.4 is 0 Å². The molecular weight excluding hydrogens is 107 g/mol. The van der Waals surface area contributed by atoms with Crippen LogP contribution in [0.5, 0.6) is 0 Å². The van der Waals surface area contributed by atoms with Crippen LogP contribution in [-0.4, -0.2) is 11.3 Å². The molecule has 0 spiro atoms. The Labute approximate surface area is 37.9 Å². The fraction of sp³-hybridized carbons (Fsp3) is 1.00. The van der Waals surface area contributed by atoms with E-state index in [-0.39, 0.29) is 6.67 Å². The summed E-state index contributed by atoms with van der Waals surface area (Å²) in [4.78, 5) is 0. The Bertz CT molecular complexity index is 34.6. The lowest BCUT2D eigenvalue weighted by Crippen LogP contribution is -1.73. The molecule has 0 nitrogen and oxygen atoms in total. The second-order valence-corrected chi connectivity index (χ2v) is 3.75. The van der Waals surface area contributed by atoms with Crippen molar-refractivity contribution in [2.24, 2.45) is 0 Å². The van der Waals surface area contributed by atoms with Crippen molar-refractivity contribution in [3.8, 4) is 0 Å². The smallest absolute Gasteiger partial charge is 0.112 e. The highest BCUT2D eigenvalue weighted by Crippen LogP contribution is 2.52. The maximum absolute atomic E-state index is 11.1. The van der Waals surface area contributed by atoms with Crippen LogP contribution >= 0.6 is 21.6 Å². The molecule has 1 aliphatic heterocycles. The number of alkyl halides is 1. The third kappa shape index (κ3) is 1.01. The van der Waals surface area contributed by atoms with E-state index in [1.807, 2.05) is 0 Å². The van der Waals surface area contributed by atoms with Crippen molar-refractivity contribution in [1.82, 2.24) is 0 Å². The van der Waals surface area contributed by atoms with Crippen LogP contribution in [0.4, 0.5) is 4.39 Å². The van der Waals surface area contributed by atoms with Crippen LogP contribution in [0.3, 0.4) is 0 Å². The van der Waals surface area contributed by atoms with E-state index < -0.39 is 0 Å². The lowest BCUT2D eigenvalue weighted by atomic mass is 10.9. The highest BCUT2D eigenvalue weighted by atomic mass is 33.2. The largest absolute Gasteiger partial charge is 0.249 e. The Morgan fingerprint density at radius 3 is 2.20 bits per heavy atom. The average molecular weight is 110 g/mol. The molecule has 0 unspecified atom stereocenters. The van der Waals surface area contributed by atoms with E-state index in [0.29, 0.717) is 4.58 Å². The molecule has 1 fully saturated rings. The molecule has 0 saturated carbocycles. The van der Waals surface area contributed by atoms with Crippen molar-refractivity contribution in [2.45, 2.75) is 4.58 Å². The van der Waals surface area contributed by atoms with Crippen molar-refractivity contribution in [3.63, 3.8) is 0 Å². The van der Waals surface area contributed by atoms with E-state index in [9.17, 15) is 4.39 Å². The van der Waals surface area contributed by atoms with Crippen molar-refractivity contribution in [2.75, 3.05) is 6.67 Å². The first kappa shape index (κ1) is 3.81. The Hall–Kier alpha value is 0.630. The lowest BCUT2D eigenvalue weighted by Gasteiger charge is -1.64. The fourth-order valence-electron chi connectivity index (χ4n) is 0.0907. The van der Waals surface area contributed by atoms with Crippen LogP contribution in [0.15, 0.2) is 0 Å². The first-order valence-electron chi connectivity index (χ1n) is 1.31. The molecule has 30 valence electrons. The van der Waals surface area contributed by atoms with Gasteiger partial charge in [0.1, 0.15) is 6.67 Å². The quantitative estimate of drug-likeness (QED) is 0.372. The summed E-state index contributed by atoms with van der Waals surface area (Å²) >= 11 is 0. The van der Waals surface area contributed by atoms with Gasteiger partial charge in [-0.3, -0.25) is 0 Å². The third-order valence-corrected chi connectivity index (χ3v) is 2.47. The molecule has 0 radical (unpaired) electrons. The molecule has 0 N–H and O–H groups in total. The molecule has 0 amide bonds. The molecule has 1 saturated heterocycles. The molecule has 0 aromatic carbocycles. The minimum absolute atomic E-state index is 0.157. The highest BCUT2D eigenvalue weighted by Gasteiger charge is 2.23. The van der Waals surface area contributed by atoms with E-state index in [2.05, 4.69) is 0 Å². The van der Waals surface area contributed by atoms with Crippen LogP contribution in [0.25, 0.3) is 0 Å². The predicted octanol–water partition coefficient (Wildman–Crippen LogP) is 1.68. The Morgan fingerprint density at radius 1 is 1.60 bits per heavy atom. The summed E-state index contributed by atoms with van der Waals surface area (Å²) in [6, 6.07) is 0. The van der Waals surface area contributed by atoms with Gasteiger partial charge in [0.15, 0.2) is 0 Å². The maximum atomic E-state index is 11.1. The lowest BCUT2D eigenvalue weighted by molar-refractivity contribution is 0.526. The Morgan fingerprint density at radius 2 is 2.20 bits per heavy atom. The van der Waals surface area contributed by atoms with Crippen LogP contribution in [0.1, 0.15) is 0 Å². The minimum Gasteiger partial charge on any atom is -0.249 e. The monoisotopic (exact) mass is 110 g/mol. The van der Waals surface area contributed by atoms with Crippen molar-refractivity contribution in [3.05, 3.63) is 0 Å². The summed E-state index contributed by atoms with van der Waals surface area (Å²) < 4.78 is 11.4. The average Bonchev–Trinajstić information content (AvgIpc) is 2.12. The summed E-state index contributed by atoms with van der Waals surface area (Å²) in [6.07, 6.45) is 0. The minimum atomic E-state index is -0.157. The summed E-state index contributed by atoms with van der Waals surface area (Å²) in [5.74, 6) is 0. The highest BCUT2D eigenvalue weighted by molar-refractivity contribution is 8.92. The molecule has 0 bridgehead atoms. The number of hydrogen-bond donors (Lipinski definition) is 0. The van der Waals surface area contributed by atoms with Gasteiger partial charge >= 0.3 is 0 Å². The van der Waals surface area contributed by atoms with E-state index in [4.69, 9.17) is 0 Å². The summed E-state index contributed by atoms with van der Waals surface area (Å²) in [7, 11) is 3.22. The first-order chi connectivity index (χ1) is 2.43. The van der Waals surface area contributed by atoms with E-state index >= 15 is 0 Å². The van der Waals surface area contributed by atoms with Gasteiger partial charge in [-0.05, 0) is 0 Å². The molecule has 1 rings (SSSR count). The van der Waals surface area contributed by atoms with Gasteiger partial charge in [-0.2, -0.15) is 0 Å². The number of halogens is 1. The van der Waals surface area contributed by atoms with E-state index in [1.165, 1.54) is 0 Å². The number of rotatable bonds is 1. The molecule has 0 aliphatic carbocycles. The van der Waals surface area contributed by atoms with Gasteiger partial charge in [-0.15, -0.1) is 0 Å². The van der Waals surface area contributed by atoms with Gasteiger partial charge in [0, 0.05) is 0 Å². The van der Waals surface area contributed by atoms with Crippen molar-refractivity contribution >= 4 is 21.6 Å². The summed E-state index contributed by atoms with van der Waals surface area (Å²) in [6.45, 7) is -0.157. The predicted molar refractivity (Wildman–Crippen MR) is 24.9 cm³/mol. The van der Waals surface area contributed by atoms with Crippen LogP contribution in [-0.2, 0) is 0 Å². The molecule has 1 heterocycles. The molecule has 1 aliphatic rings. The standard InChI is InChI=1S/C2H3FS2/c3-1-2-4-5-2/h2H,1H2. The fourth-order valence-corrected chi connectivity index (χ4v) is 0.816. The van der Waals surface area contributed by atoms with E-state index in [1.54, 1.807) is 21.6 Å². The molecule has 3 heteroatoms. The summed E-state index contributed by atoms with van der Waals surface area (Å²) in [5.41, 5.74) is 0. The second-order valence-electron chi connectivity index (χ2n) is 0.776. The van der Waals surface area contributed by atoms with Crippen LogP contribution in [0, 0.1) is 0 Å². The van der Waals surface area contributed by atoms with Gasteiger partial charge in [0.2, 0.25) is 0 Å². The second kappa shape index (κ2) is 1.39. The zero-order valence-electron chi connectivity index (χ0n) is 2.48. The van der Waals surface area contributed by atoms with Gasteiger partial charge in [-0.1, -0.05) is 21.6 Å². The van der Waals surface area contributed by atoms with Gasteiger partial charge in [0.05, 0.1) is 4.58 Å². The van der Waals surface area contributed by atoms with Crippen molar-refractivity contribution in [1.29, 1.82) is 0 Å². The zero-order valence-corrected chi connectivity index (χ0v) is 4.11. The molecule has 5 heavy (non-hydrogen) atoms. The topological polar surface area (TPSA) is 0 Å². The zero-order chi connectivity index (χ0) is 3.70. The Balaban J connectivity index is 2.00. The molecule has 0 aromatic rings. The molecule has 0 aromatic heterocycles. The SMILES string of the molecule is FCC1SS1. The van der Waals surface area contributed by atoms with Gasteiger partial charge in [-0.25, -0.2) is 4.39 Å². The third-order valence-electron chi connectivity index (χ3n) is 0.358. The van der Waals surface area contributed by atoms with Gasteiger partial charge in [0.25, 0.3) is 0 Å². The number of hydrogen-bond acceptors (Lipinski definition) is 2. The van der Waals surface area contributed by atoms with Crippen LogP contribution in [0.2, 0.25) is 0 Å². The van der Waals surface area contributed by atoms with Gasteiger partial charge < -0.3 is 0 Å². The van der Waals surface area contributed by atoms with Crippen molar-refractivity contribution < 1.29 is 4.39 Å². The first-order valence-corrected chi connectivity index (χ1v) is 3.59. The Kier molecular flexibility index (Phi) is 1.06. The van der Waals surface area contributed by atoms with E-state index in [0.717, 1.165) is 0 Å². The normalized spacial score (nSPS) is 23.4.